The summed E-state index contributed by atoms with van der Waals surface area (Å²) in [6.07, 6.45) is 0.971. The van der Waals surface area contributed by atoms with Crippen molar-refractivity contribution in [1.82, 2.24) is 0 Å². The lowest BCUT2D eigenvalue weighted by Gasteiger charge is -2.22. The zero-order valence-corrected chi connectivity index (χ0v) is 8.34. The normalized spacial score (nSPS) is 25.5. The molecule has 0 aromatic heterocycles. The Hall–Kier alpha value is -1.55. The quantitative estimate of drug-likeness (QED) is 0.543. The maximum absolute atomic E-state index is 10.8. The highest BCUT2D eigenvalue weighted by Crippen LogP contribution is 2.25. The van der Waals surface area contributed by atoms with Crippen LogP contribution in [0.4, 0.5) is 11.4 Å². The highest BCUT2D eigenvalue weighted by Gasteiger charge is 2.30. The molecule has 0 saturated carbocycles. The second kappa shape index (κ2) is 3.90. The summed E-state index contributed by atoms with van der Waals surface area (Å²) in [5.74, 6) is 0. The van der Waals surface area contributed by atoms with Crippen LogP contribution in [-0.2, 0) is 4.79 Å². The summed E-state index contributed by atoms with van der Waals surface area (Å²) in [4.78, 5) is 12.7. The van der Waals surface area contributed by atoms with Crippen LogP contribution < -0.4 is 10.6 Å². The molecule has 0 bridgehead atoms. The van der Waals surface area contributed by atoms with Gasteiger partial charge in [-0.1, -0.05) is 0 Å². The molecule has 0 aliphatic carbocycles. The van der Waals surface area contributed by atoms with E-state index in [1.165, 1.54) is 0 Å². The lowest BCUT2D eigenvalue weighted by atomic mass is 10.2. The Balaban J connectivity index is 2.22. The number of nitrogens with two attached hydrogens (primary N) is 1. The molecular weight excluding hydrogens is 192 g/mol. The third kappa shape index (κ3) is 1.94. The van der Waals surface area contributed by atoms with E-state index in [2.05, 4.69) is 0 Å². The molecule has 0 spiro atoms. The van der Waals surface area contributed by atoms with E-state index < -0.39 is 6.10 Å². The number of nitrogens with zero attached hydrogens (tertiary/aromatic N) is 1. The minimum Gasteiger partial charge on any atom is -0.399 e. The molecular formula is C11H14N2O2. The van der Waals surface area contributed by atoms with Crippen LogP contribution in [0.5, 0.6) is 0 Å². The molecule has 80 valence electrons. The lowest BCUT2D eigenvalue weighted by Crippen LogP contribution is -2.30. The van der Waals surface area contributed by atoms with E-state index in [0.717, 1.165) is 12.0 Å². The van der Waals surface area contributed by atoms with Gasteiger partial charge >= 0.3 is 0 Å². The van der Waals surface area contributed by atoms with Crippen molar-refractivity contribution < 1.29 is 9.90 Å². The number of β-amino-alcohol motifs (C(OH)–C–C–N with tert-alkyl or cyclic N) is 1. The molecule has 3 N–H and O–H groups in total. The van der Waals surface area contributed by atoms with Crippen LogP contribution in [0.15, 0.2) is 24.3 Å². The van der Waals surface area contributed by atoms with Crippen molar-refractivity contribution in [3.8, 4) is 0 Å². The van der Waals surface area contributed by atoms with Gasteiger partial charge in [0.25, 0.3) is 0 Å². The molecule has 1 fully saturated rings. The van der Waals surface area contributed by atoms with E-state index in [1.54, 1.807) is 12.1 Å². The van der Waals surface area contributed by atoms with Gasteiger partial charge in [-0.05, 0) is 24.3 Å². The lowest BCUT2D eigenvalue weighted by molar-refractivity contribution is -0.108. The van der Waals surface area contributed by atoms with E-state index in [-0.39, 0.29) is 6.04 Å². The van der Waals surface area contributed by atoms with Gasteiger partial charge in [-0.2, -0.15) is 0 Å². The van der Waals surface area contributed by atoms with Crippen LogP contribution in [-0.4, -0.2) is 30.1 Å². The third-order valence-electron chi connectivity index (χ3n) is 2.70. The minimum atomic E-state index is -0.419. The van der Waals surface area contributed by atoms with Gasteiger partial charge in [0.05, 0.1) is 12.1 Å². The summed E-state index contributed by atoms with van der Waals surface area (Å²) in [7, 11) is 0. The van der Waals surface area contributed by atoms with Crippen molar-refractivity contribution in [1.29, 1.82) is 0 Å². The van der Waals surface area contributed by atoms with Gasteiger partial charge in [-0.15, -0.1) is 0 Å². The zero-order chi connectivity index (χ0) is 10.8. The molecule has 1 aromatic carbocycles. The van der Waals surface area contributed by atoms with E-state index in [0.29, 0.717) is 18.7 Å². The average Bonchev–Trinajstić information content (AvgIpc) is 2.61. The molecule has 15 heavy (non-hydrogen) atoms. The van der Waals surface area contributed by atoms with Gasteiger partial charge in [0.1, 0.15) is 6.29 Å². The number of benzene rings is 1. The third-order valence-corrected chi connectivity index (χ3v) is 2.70. The molecule has 2 unspecified atom stereocenters. The molecule has 4 heteroatoms. The molecule has 1 aromatic rings. The molecule has 4 nitrogen and oxygen atoms in total. The van der Waals surface area contributed by atoms with Crippen LogP contribution in [0.2, 0.25) is 0 Å². The molecule has 1 heterocycles. The first-order chi connectivity index (χ1) is 7.20. The number of hydrogen-bond acceptors (Lipinski definition) is 4. The van der Waals surface area contributed by atoms with Gasteiger partial charge in [-0.3, -0.25) is 0 Å². The van der Waals surface area contributed by atoms with Crippen LogP contribution in [0, 0.1) is 0 Å². The summed E-state index contributed by atoms with van der Waals surface area (Å²) in [6.45, 7) is 0.507. The number of carbonyl (C=O) groups excluding carboxylic acids is 1. The molecule has 1 aliphatic rings. The van der Waals surface area contributed by atoms with Crippen LogP contribution in [0.1, 0.15) is 6.42 Å². The first kappa shape index (κ1) is 9.98. The molecule has 1 saturated heterocycles. The average molecular weight is 206 g/mol. The summed E-state index contributed by atoms with van der Waals surface area (Å²) in [6, 6.07) is 7.10. The van der Waals surface area contributed by atoms with Gasteiger partial charge in [-0.25, -0.2) is 0 Å². The van der Waals surface area contributed by atoms with Crippen molar-refractivity contribution in [3.63, 3.8) is 0 Å². The fraction of sp³-hybridized carbons (Fsp3) is 0.364. The van der Waals surface area contributed by atoms with Crippen molar-refractivity contribution >= 4 is 17.7 Å². The van der Waals surface area contributed by atoms with Gasteiger partial charge in [0.2, 0.25) is 0 Å². The molecule has 1 aliphatic heterocycles. The van der Waals surface area contributed by atoms with E-state index in [4.69, 9.17) is 5.73 Å². The van der Waals surface area contributed by atoms with Crippen molar-refractivity contribution in [2.45, 2.75) is 18.6 Å². The van der Waals surface area contributed by atoms with Gasteiger partial charge in [0, 0.05) is 24.3 Å². The Bertz CT molecular complexity index is 350. The number of anilines is 2. The Morgan fingerprint density at radius 2 is 2.07 bits per heavy atom. The van der Waals surface area contributed by atoms with E-state index in [9.17, 15) is 9.90 Å². The van der Waals surface area contributed by atoms with E-state index >= 15 is 0 Å². The highest BCUT2D eigenvalue weighted by molar-refractivity contribution is 5.68. The second-order valence-electron chi connectivity index (χ2n) is 3.84. The zero-order valence-electron chi connectivity index (χ0n) is 8.34. The van der Waals surface area contributed by atoms with Gasteiger partial charge < -0.3 is 20.5 Å². The first-order valence-electron chi connectivity index (χ1n) is 4.96. The fourth-order valence-electron chi connectivity index (χ4n) is 1.93. The maximum Gasteiger partial charge on any atom is 0.142 e. The number of aldehydes is 1. The number of hydrogen-bond donors (Lipinski definition) is 2. The smallest absolute Gasteiger partial charge is 0.142 e. The first-order valence-corrected chi connectivity index (χ1v) is 4.96. The van der Waals surface area contributed by atoms with E-state index in [1.807, 2.05) is 17.0 Å². The van der Waals surface area contributed by atoms with Crippen LogP contribution >= 0.6 is 0 Å². The largest absolute Gasteiger partial charge is 0.399 e. The summed E-state index contributed by atoms with van der Waals surface area (Å²) < 4.78 is 0. The second-order valence-corrected chi connectivity index (χ2v) is 3.84. The van der Waals surface area contributed by atoms with Crippen LogP contribution in [0.25, 0.3) is 0 Å². The standard InChI is InChI=1S/C11H14N2O2/c12-8-1-3-9(4-2-8)13-6-11(15)5-10(13)7-14/h1-4,7,10-11,15H,5-6,12H2. The predicted octanol–water partition coefficient (Wildman–Crippen LogP) is 0.407. The topological polar surface area (TPSA) is 66.6 Å². The number of aliphatic hydroxyl groups excluding tert-OH is 1. The molecule has 0 radical (unpaired) electrons. The monoisotopic (exact) mass is 206 g/mol. The van der Waals surface area contributed by atoms with Crippen molar-refractivity contribution in [2.75, 3.05) is 17.2 Å². The number of carbonyl (C=O) groups is 1. The Kier molecular flexibility index (Phi) is 2.60. The maximum atomic E-state index is 10.8. The number of rotatable bonds is 2. The molecule has 0 amide bonds. The predicted molar refractivity (Wildman–Crippen MR) is 58.7 cm³/mol. The Morgan fingerprint density at radius 1 is 1.40 bits per heavy atom. The molecule has 2 rings (SSSR count). The highest BCUT2D eigenvalue weighted by atomic mass is 16.3. The number of aliphatic hydroxyl groups is 1. The Labute approximate surface area is 88.3 Å². The Morgan fingerprint density at radius 3 is 2.67 bits per heavy atom. The number of nitrogen functional groups attached to an aromatic ring is 1. The fourth-order valence-corrected chi connectivity index (χ4v) is 1.93. The van der Waals surface area contributed by atoms with Crippen molar-refractivity contribution in [2.24, 2.45) is 0 Å². The van der Waals surface area contributed by atoms with Crippen molar-refractivity contribution in [3.05, 3.63) is 24.3 Å². The minimum absolute atomic E-state index is 0.219. The summed E-state index contributed by atoms with van der Waals surface area (Å²) in [5, 5.41) is 9.49. The summed E-state index contributed by atoms with van der Waals surface area (Å²) in [5.41, 5.74) is 7.21. The van der Waals surface area contributed by atoms with Gasteiger partial charge in [0.15, 0.2) is 0 Å². The van der Waals surface area contributed by atoms with Crippen LogP contribution in [0.3, 0.4) is 0 Å². The molecule has 2 atom stereocenters. The summed E-state index contributed by atoms with van der Waals surface area (Å²) >= 11 is 0. The SMILES string of the molecule is Nc1ccc(N2CC(O)CC2C=O)cc1.